The van der Waals surface area contributed by atoms with E-state index < -0.39 is 0 Å². The number of likely N-dealkylation sites (tertiary alicyclic amines) is 1. The Hall–Kier alpha value is -1.81. The highest BCUT2D eigenvalue weighted by atomic mass is 16.5. The Morgan fingerprint density at radius 1 is 1.50 bits per heavy atom. The van der Waals surface area contributed by atoms with Gasteiger partial charge in [0.25, 0.3) is 0 Å². The maximum Gasteiger partial charge on any atom is 0.246 e. The summed E-state index contributed by atoms with van der Waals surface area (Å²) in [6.45, 7) is 4.00. The molecule has 1 saturated heterocycles. The largest absolute Gasteiger partial charge is 0.493 e. The molecule has 2 rings (SSSR count). The van der Waals surface area contributed by atoms with Crippen LogP contribution in [0.15, 0.2) is 30.3 Å². The van der Waals surface area contributed by atoms with Crippen LogP contribution in [0.4, 0.5) is 0 Å². The maximum absolute atomic E-state index is 12.1. The highest BCUT2D eigenvalue weighted by Gasteiger charge is 2.19. The molecule has 108 valence electrons. The van der Waals surface area contributed by atoms with Crippen LogP contribution in [0.5, 0.6) is 5.75 Å². The van der Waals surface area contributed by atoms with E-state index in [0.29, 0.717) is 13.2 Å². The first kappa shape index (κ1) is 14.6. The van der Waals surface area contributed by atoms with Crippen LogP contribution in [0.1, 0.15) is 25.3 Å². The van der Waals surface area contributed by atoms with E-state index >= 15 is 0 Å². The zero-order valence-electron chi connectivity index (χ0n) is 11.9. The Bertz CT molecular complexity index is 485. The first-order valence-electron chi connectivity index (χ1n) is 7.15. The van der Waals surface area contributed by atoms with Crippen molar-refractivity contribution in [1.29, 1.82) is 0 Å². The summed E-state index contributed by atoms with van der Waals surface area (Å²) in [6, 6.07) is 7.81. The van der Waals surface area contributed by atoms with Gasteiger partial charge in [0, 0.05) is 30.8 Å². The predicted octanol–water partition coefficient (Wildman–Crippen LogP) is 2.05. The van der Waals surface area contributed by atoms with E-state index in [-0.39, 0.29) is 11.9 Å². The quantitative estimate of drug-likeness (QED) is 0.855. The predicted molar refractivity (Wildman–Crippen MR) is 80.4 cm³/mol. The summed E-state index contributed by atoms with van der Waals surface area (Å²) in [5, 5.41) is 0. The molecule has 0 aromatic heterocycles. The van der Waals surface area contributed by atoms with E-state index in [1.165, 1.54) is 0 Å². The maximum atomic E-state index is 12.1. The number of ether oxygens (including phenoxy) is 1. The van der Waals surface area contributed by atoms with Crippen molar-refractivity contribution < 1.29 is 9.53 Å². The molecule has 20 heavy (non-hydrogen) atoms. The van der Waals surface area contributed by atoms with Gasteiger partial charge >= 0.3 is 0 Å². The van der Waals surface area contributed by atoms with Crippen LogP contribution in [0.3, 0.4) is 0 Å². The molecule has 0 radical (unpaired) electrons. The second-order valence-corrected chi connectivity index (χ2v) is 4.99. The molecule has 0 saturated carbocycles. The smallest absolute Gasteiger partial charge is 0.246 e. The summed E-state index contributed by atoms with van der Waals surface area (Å²) in [4.78, 5) is 13.9. The molecule has 0 aliphatic carbocycles. The lowest BCUT2D eigenvalue weighted by Gasteiger charge is -2.29. The second-order valence-electron chi connectivity index (χ2n) is 4.99. The summed E-state index contributed by atoms with van der Waals surface area (Å²) in [5.41, 5.74) is 6.82. The van der Waals surface area contributed by atoms with Crippen molar-refractivity contribution in [2.45, 2.75) is 25.8 Å². The zero-order chi connectivity index (χ0) is 14.4. The molecular weight excluding hydrogens is 252 g/mol. The average Bonchev–Trinajstić information content (AvgIpc) is 2.46. The van der Waals surface area contributed by atoms with Gasteiger partial charge in [0.1, 0.15) is 5.75 Å². The van der Waals surface area contributed by atoms with Crippen LogP contribution in [-0.4, -0.2) is 36.5 Å². The lowest BCUT2D eigenvalue weighted by atomic mass is 10.1. The van der Waals surface area contributed by atoms with E-state index in [2.05, 4.69) is 0 Å². The lowest BCUT2D eigenvalue weighted by Crippen LogP contribution is -2.45. The van der Waals surface area contributed by atoms with Crippen molar-refractivity contribution in [1.82, 2.24) is 4.90 Å². The molecule has 4 nitrogen and oxygen atoms in total. The van der Waals surface area contributed by atoms with Gasteiger partial charge in [-0.05, 0) is 31.9 Å². The van der Waals surface area contributed by atoms with E-state index in [1.54, 1.807) is 6.08 Å². The molecule has 1 unspecified atom stereocenters. The molecule has 1 aliphatic rings. The fourth-order valence-corrected chi connectivity index (χ4v) is 2.38. The van der Waals surface area contributed by atoms with Crippen molar-refractivity contribution in [3.05, 3.63) is 35.9 Å². The second kappa shape index (κ2) is 7.10. The van der Waals surface area contributed by atoms with Gasteiger partial charge in [-0.3, -0.25) is 4.79 Å². The van der Waals surface area contributed by atoms with E-state index in [9.17, 15) is 4.79 Å². The molecule has 1 aromatic carbocycles. The van der Waals surface area contributed by atoms with Gasteiger partial charge in [-0.2, -0.15) is 0 Å². The number of hydrogen-bond acceptors (Lipinski definition) is 3. The van der Waals surface area contributed by atoms with Gasteiger partial charge in [0.05, 0.1) is 6.61 Å². The number of nitrogens with two attached hydrogens (primary N) is 1. The molecule has 4 heteroatoms. The van der Waals surface area contributed by atoms with E-state index in [0.717, 1.165) is 30.7 Å². The van der Waals surface area contributed by atoms with Gasteiger partial charge in [-0.1, -0.05) is 18.2 Å². The van der Waals surface area contributed by atoms with Crippen molar-refractivity contribution in [2.24, 2.45) is 5.73 Å². The van der Waals surface area contributed by atoms with Crippen molar-refractivity contribution in [3.63, 3.8) is 0 Å². The third-order valence-corrected chi connectivity index (χ3v) is 3.39. The van der Waals surface area contributed by atoms with Crippen molar-refractivity contribution >= 4 is 12.0 Å². The summed E-state index contributed by atoms with van der Waals surface area (Å²) in [7, 11) is 0. The number of benzene rings is 1. The molecule has 1 atom stereocenters. The van der Waals surface area contributed by atoms with Crippen molar-refractivity contribution in [2.75, 3.05) is 19.7 Å². The minimum atomic E-state index is 0.0199. The first-order valence-corrected chi connectivity index (χ1v) is 7.15. The molecule has 0 bridgehead atoms. The fourth-order valence-electron chi connectivity index (χ4n) is 2.38. The number of nitrogens with zero attached hydrogens (tertiary/aromatic N) is 1. The highest BCUT2D eigenvalue weighted by molar-refractivity contribution is 5.92. The Morgan fingerprint density at radius 3 is 3.05 bits per heavy atom. The topological polar surface area (TPSA) is 55.6 Å². The summed E-state index contributed by atoms with van der Waals surface area (Å²) in [5.74, 6) is 0.820. The lowest BCUT2D eigenvalue weighted by molar-refractivity contribution is -0.127. The standard InChI is InChI=1S/C16H22N2O2/c1-2-20-15-8-4-3-6-13(15)9-10-16(19)18-11-5-7-14(17)12-18/h3-4,6,8-10,14H,2,5,7,11-12,17H2,1H3/b10-9+. The summed E-state index contributed by atoms with van der Waals surface area (Å²) >= 11 is 0. The minimum absolute atomic E-state index is 0.0199. The van der Waals surface area contributed by atoms with Gasteiger partial charge in [0.15, 0.2) is 0 Å². The average molecular weight is 274 g/mol. The number of piperidine rings is 1. The molecule has 1 amide bonds. The Morgan fingerprint density at radius 2 is 2.30 bits per heavy atom. The summed E-state index contributed by atoms with van der Waals surface area (Å²) in [6.07, 6.45) is 5.40. The first-order chi connectivity index (χ1) is 9.70. The van der Waals surface area contributed by atoms with Gasteiger partial charge < -0.3 is 15.4 Å². The van der Waals surface area contributed by atoms with Crippen LogP contribution in [0.25, 0.3) is 6.08 Å². The van der Waals surface area contributed by atoms with Crippen LogP contribution in [0.2, 0.25) is 0 Å². The Kier molecular flexibility index (Phi) is 5.18. The molecule has 1 aromatic rings. The zero-order valence-corrected chi connectivity index (χ0v) is 11.9. The third kappa shape index (κ3) is 3.84. The molecular formula is C16H22N2O2. The van der Waals surface area contributed by atoms with Crippen LogP contribution < -0.4 is 10.5 Å². The number of para-hydroxylation sites is 1. The third-order valence-electron chi connectivity index (χ3n) is 3.39. The summed E-state index contributed by atoms with van der Waals surface area (Å²) < 4.78 is 5.54. The van der Waals surface area contributed by atoms with Gasteiger partial charge in [-0.15, -0.1) is 0 Å². The van der Waals surface area contributed by atoms with Gasteiger partial charge in [-0.25, -0.2) is 0 Å². The Balaban J connectivity index is 2.03. The van der Waals surface area contributed by atoms with Crippen LogP contribution in [0, 0.1) is 0 Å². The van der Waals surface area contributed by atoms with E-state index in [1.807, 2.05) is 42.2 Å². The fraction of sp³-hybridized carbons (Fsp3) is 0.438. The van der Waals surface area contributed by atoms with Crippen LogP contribution in [-0.2, 0) is 4.79 Å². The molecule has 1 fully saturated rings. The SMILES string of the molecule is CCOc1ccccc1/C=C/C(=O)N1CCCC(N)C1. The van der Waals surface area contributed by atoms with Crippen LogP contribution >= 0.6 is 0 Å². The number of carbonyl (C=O) groups is 1. The van der Waals surface area contributed by atoms with E-state index in [4.69, 9.17) is 10.5 Å². The van der Waals surface area contributed by atoms with Gasteiger partial charge in [0.2, 0.25) is 5.91 Å². The highest BCUT2D eigenvalue weighted by Crippen LogP contribution is 2.19. The monoisotopic (exact) mass is 274 g/mol. The normalized spacial score (nSPS) is 19.3. The molecule has 2 N–H and O–H groups in total. The molecule has 0 spiro atoms. The number of hydrogen-bond donors (Lipinski definition) is 1. The minimum Gasteiger partial charge on any atom is -0.493 e. The Labute approximate surface area is 120 Å². The van der Waals surface area contributed by atoms with Crippen molar-refractivity contribution in [3.8, 4) is 5.75 Å². The molecule has 1 aliphatic heterocycles. The molecule has 1 heterocycles. The number of carbonyl (C=O) groups excluding carboxylic acids is 1. The number of rotatable bonds is 4. The number of amides is 1.